The molecule has 0 aliphatic carbocycles. The number of halogens is 1. The quantitative estimate of drug-likeness (QED) is 0.913. The third kappa shape index (κ3) is 3.09. The maximum Gasteiger partial charge on any atom is 0.250 e. The van der Waals surface area contributed by atoms with Crippen LogP contribution in [0.25, 0.3) is 0 Å². The summed E-state index contributed by atoms with van der Waals surface area (Å²) in [7, 11) is 0. The lowest BCUT2D eigenvalue weighted by molar-refractivity contribution is 0.100. The fourth-order valence-corrected chi connectivity index (χ4v) is 3.21. The van der Waals surface area contributed by atoms with Gasteiger partial charge in [-0.3, -0.25) is 4.79 Å². The second-order valence-electron chi connectivity index (χ2n) is 5.59. The van der Waals surface area contributed by atoms with Crippen LogP contribution in [0, 0.1) is 0 Å². The molecule has 1 unspecified atom stereocenters. The SMILES string of the molecule is NC(=O)c1ccc2c(c1Cl)CC(CCCc1ccccc1)O2. The van der Waals surface area contributed by atoms with Gasteiger partial charge in [-0.15, -0.1) is 0 Å². The molecule has 0 bridgehead atoms. The molecule has 1 aliphatic heterocycles. The van der Waals surface area contributed by atoms with E-state index in [0.717, 1.165) is 37.0 Å². The van der Waals surface area contributed by atoms with Crippen LogP contribution in [0.5, 0.6) is 5.75 Å². The van der Waals surface area contributed by atoms with Crippen LogP contribution in [-0.4, -0.2) is 12.0 Å². The third-order valence-electron chi connectivity index (χ3n) is 4.03. The van der Waals surface area contributed by atoms with E-state index in [9.17, 15) is 4.79 Å². The van der Waals surface area contributed by atoms with Crippen molar-refractivity contribution in [3.05, 3.63) is 64.2 Å². The van der Waals surface area contributed by atoms with Crippen molar-refractivity contribution < 1.29 is 9.53 Å². The molecule has 22 heavy (non-hydrogen) atoms. The minimum absolute atomic E-state index is 0.124. The van der Waals surface area contributed by atoms with Crippen LogP contribution in [0.2, 0.25) is 5.02 Å². The smallest absolute Gasteiger partial charge is 0.250 e. The van der Waals surface area contributed by atoms with E-state index in [2.05, 4.69) is 24.3 Å². The molecule has 2 aromatic rings. The molecule has 1 heterocycles. The Morgan fingerprint density at radius 2 is 2.00 bits per heavy atom. The van der Waals surface area contributed by atoms with Crippen molar-refractivity contribution in [2.45, 2.75) is 31.8 Å². The molecule has 0 radical (unpaired) electrons. The van der Waals surface area contributed by atoms with Gasteiger partial charge in [0.05, 0.1) is 10.6 Å². The van der Waals surface area contributed by atoms with Gasteiger partial charge in [-0.05, 0) is 37.0 Å². The van der Waals surface area contributed by atoms with Crippen molar-refractivity contribution in [2.24, 2.45) is 5.73 Å². The van der Waals surface area contributed by atoms with E-state index in [0.29, 0.717) is 10.6 Å². The minimum Gasteiger partial charge on any atom is -0.490 e. The number of primary amides is 1. The molecule has 2 aromatic carbocycles. The Bertz CT molecular complexity index is 685. The molecular formula is C18H18ClNO2. The van der Waals surface area contributed by atoms with Crippen molar-refractivity contribution in [1.29, 1.82) is 0 Å². The summed E-state index contributed by atoms with van der Waals surface area (Å²) in [6.45, 7) is 0. The lowest BCUT2D eigenvalue weighted by Gasteiger charge is -2.10. The minimum atomic E-state index is -0.500. The number of rotatable bonds is 5. The zero-order valence-corrected chi connectivity index (χ0v) is 13.0. The molecule has 4 heteroatoms. The summed E-state index contributed by atoms with van der Waals surface area (Å²) in [4.78, 5) is 11.3. The molecule has 1 aliphatic rings. The third-order valence-corrected chi connectivity index (χ3v) is 4.46. The first-order chi connectivity index (χ1) is 10.6. The molecule has 3 nitrogen and oxygen atoms in total. The van der Waals surface area contributed by atoms with Crippen LogP contribution >= 0.6 is 11.6 Å². The zero-order valence-electron chi connectivity index (χ0n) is 12.2. The van der Waals surface area contributed by atoms with Gasteiger partial charge in [0, 0.05) is 12.0 Å². The van der Waals surface area contributed by atoms with Crippen LogP contribution < -0.4 is 10.5 Å². The van der Waals surface area contributed by atoms with Gasteiger partial charge in [0.1, 0.15) is 11.9 Å². The molecular weight excluding hydrogens is 298 g/mol. The van der Waals surface area contributed by atoms with Gasteiger partial charge >= 0.3 is 0 Å². The number of benzene rings is 2. The first-order valence-corrected chi connectivity index (χ1v) is 7.84. The van der Waals surface area contributed by atoms with E-state index in [1.807, 2.05) is 6.07 Å². The highest BCUT2D eigenvalue weighted by Gasteiger charge is 2.27. The highest BCUT2D eigenvalue weighted by molar-refractivity contribution is 6.34. The number of fused-ring (bicyclic) bond motifs is 1. The second-order valence-corrected chi connectivity index (χ2v) is 5.97. The normalized spacial score (nSPS) is 16.1. The van der Waals surface area contributed by atoms with Gasteiger partial charge in [0.15, 0.2) is 0 Å². The van der Waals surface area contributed by atoms with Crippen molar-refractivity contribution in [3.8, 4) is 5.75 Å². The molecule has 0 saturated heterocycles. The lowest BCUT2D eigenvalue weighted by atomic mass is 10.0. The summed E-state index contributed by atoms with van der Waals surface area (Å²) < 4.78 is 5.92. The number of nitrogens with two attached hydrogens (primary N) is 1. The Balaban J connectivity index is 1.60. The maximum absolute atomic E-state index is 11.3. The van der Waals surface area contributed by atoms with E-state index in [1.165, 1.54) is 5.56 Å². The molecule has 1 amide bonds. The predicted molar refractivity (Wildman–Crippen MR) is 87.5 cm³/mol. The topological polar surface area (TPSA) is 52.3 Å². The monoisotopic (exact) mass is 315 g/mol. The van der Waals surface area contributed by atoms with E-state index < -0.39 is 5.91 Å². The summed E-state index contributed by atoms with van der Waals surface area (Å²) in [6.07, 6.45) is 3.93. The van der Waals surface area contributed by atoms with Crippen LogP contribution in [0.4, 0.5) is 0 Å². The molecule has 2 N–H and O–H groups in total. The predicted octanol–water partition coefficient (Wildman–Crippen LogP) is 3.77. The molecule has 0 aromatic heterocycles. The van der Waals surface area contributed by atoms with Crippen LogP contribution in [0.3, 0.4) is 0 Å². The van der Waals surface area contributed by atoms with Crippen LogP contribution in [-0.2, 0) is 12.8 Å². The molecule has 3 rings (SSSR count). The molecule has 0 fully saturated rings. The highest BCUT2D eigenvalue weighted by atomic mass is 35.5. The zero-order chi connectivity index (χ0) is 15.5. The number of carbonyl (C=O) groups is 1. The Morgan fingerprint density at radius 1 is 1.23 bits per heavy atom. The summed E-state index contributed by atoms with van der Waals surface area (Å²) in [5.41, 5.74) is 7.94. The van der Waals surface area contributed by atoms with E-state index in [1.54, 1.807) is 12.1 Å². The molecule has 0 saturated carbocycles. The summed E-state index contributed by atoms with van der Waals surface area (Å²) >= 11 is 6.26. The van der Waals surface area contributed by atoms with Crippen molar-refractivity contribution in [3.63, 3.8) is 0 Å². The van der Waals surface area contributed by atoms with Gasteiger partial charge < -0.3 is 10.5 Å². The number of ether oxygens (including phenoxy) is 1. The maximum atomic E-state index is 11.3. The van der Waals surface area contributed by atoms with Crippen LogP contribution in [0.15, 0.2) is 42.5 Å². The Labute approximate surface area is 135 Å². The van der Waals surface area contributed by atoms with Crippen molar-refractivity contribution in [1.82, 2.24) is 0 Å². The van der Waals surface area contributed by atoms with Gasteiger partial charge in [-0.25, -0.2) is 0 Å². The first-order valence-electron chi connectivity index (χ1n) is 7.47. The van der Waals surface area contributed by atoms with Crippen molar-refractivity contribution in [2.75, 3.05) is 0 Å². The number of hydrogen-bond acceptors (Lipinski definition) is 2. The van der Waals surface area contributed by atoms with E-state index >= 15 is 0 Å². The Morgan fingerprint density at radius 3 is 2.73 bits per heavy atom. The Hall–Kier alpha value is -2.00. The molecule has 1 atom stereocenters. The van der Waals surface area contributed by atoms with Gasteiger partial charge in [-0.1, -0.05) is 41.9 Å². The van der Waals surface area contributed by atoms with Gasteiger partial charge in [0.2, 0.25) is 5.91 Å². The average Bonchev–Trinajstić information content (AvgIpc) is 2.92. The largest absolute Gasteiger partial charge is 0.490 e. The van der Waals surface area contributed by atoms with Crippen molar-refractivity contribution >= 4 is 17.5 Å². The van der Waals surface area contributed by atoms with Gasteiger partial charge in [-0.2, -0.15) is 0 Å². The highest BCUT2D eigenvalue weighted by Crippen LogP contribution is 2.37. The lowest BCUT2D eigenvalue weighted by Crippen LogP contribution is -2.13. The number of hydrogen-bond donors (Lipinski definition) is 1. The Kier molecular flexibility index (Phi) is 4.34. The number of carbonyl (C=O) groups excluding carboxylic acids is 1. The molecule has 114 valence electrons. The number of amides is 1. The standard InChI is InChI=1S/C18H18ClNO2/c19-17-14(18(20)21)9-10-16-15(17)11-13(22-16)8-4-7-12-5-2-1-3-6-12/h1-3,5-6,9-10,13H,4,7-8,11H2,(H2,20,21). The summed E-state index contributed by atoms with van der Waals surface area (Å²) in [5.74, 6) is 0.278. The molecule has 0 spiro atoms. The summed E-state index contributed by atoms with van der Waals surface area (Å²) in [6, 6.07) is 13.8. The van der Waals surface area contributed by atoms with E-state index in [-0.39, 0.29) is 6.10 Å². The average molecular weight is 316 g/mol. The first kappa shape index (κ1) is 14.9. The number of aryl methyl sites for hydroxylation is 1. The second kappa shape index (κ2) is 6.41. The van der Waals surface area contributed by atoms with Crippen LogP contribution in [0.1, 0.15) is 34.3 Å². The fraction of sp³-hybridized carbons (Fsp3) is 0.278. The van der Waals surface area contributed by atoms with E-state index in [4.69, 9.17) is 22.1 Å². The summed E-state index contributed by atoms with van der Waals surface area (Å²) in [5, 5.41) is 0.440. The van der Waals surface area contributed by atoms with Gasteiger partial charge in [0.25, 0.3) is 0 Å². The fourth-order valence-electron chi connectivity index (χ4n) is 2.88.